The number of amides is 2. The maximum atomic E-state index is 12.2. The van der Waals surface area contributed by atoms with Crippen LogP contribution in [0.4, 0.5) is 5.69 Å². The Bertz CT molecular complexity index is 990. The van der Waals surface area contributed by atoms with Crippen molar-refractivity contribution in [3.63, 3.8) is 0 Å². The molecule has 2 heterocycles. The molecule has 0 radical (unpaired) electrons. The Labute approximate surface area is 160 Å². The van der Waals surface area contributed by atoms with Gasteiger partial charge in [0, 0.05) is 11.6 Å². The van der Waals surface area contributed by atoms with Crippen molar-refractivity contribution in [2.45, 2.75) is 12.4 Å². The Balaban J connectivity index is 1.69. The van der Waals surface area contributed by atoms with Crippen molar-refractivity contribution >= 4 is 35.6 Å². The fourth-order valence-electron chi connectivity index (χ4n) is 2.72. The molecule has 0 saturated heterocycles. The number of furan rings is 1. The second kappa shape index (κ2) is 8.55. The van der Waals surface area contributed by atoms with Gasteiger partial charge in [0.25, 0.3) is 0 Å². The van der Waals surface area contributed by atoms with Crippen molar-refractivity contribution in [1.29, 1.82) is 0 Å². The molecule has 2 amide bonds. The second-order valence-electron chi connectivity index (χ2n) is 5.97. The smallest absolute Gasteiger partial charge is 0.475 e. The predicted molar refractivity (Wildman–Crippen MR) is 101 cm³/mol. The summed E-state index contributed by atoms with van der Waals surface area (Å²) in [6.45, 7) is 0. The number of rotatable bonds is 6. The molecule has 0 saturated carbocycles. The minimum absolute atomic E-state index is 0.0594. The van der Waals surface area contributed by atoms with Crippen LogP contribution in [-0.2, 0) is 16.0 Å². The second-order valence-corrected chi connectivity index (χ2v) is 5.97. The van der Waals surface area contributed by atoms with Crippen LogP contribution in [0.5, 0.6) is 5.88 Å². The lowest BCUT2D eigenvalue weighted by molar-refractivity contribution is -0.136. The number of ether oxygens (including phenoxy) is 1. The summed E-state index contributed by atoms with van der Waals surface area (Å²) >= 11 is 0. The van der Waals surface area contributed by atoms with E-state index in [1.54, 1.807) is 12.1 Å². The van der Waals surface area contributed by atoms with Crippen LogP contribution >= 0.6 is 0 Å². The molecule has 144 valence electrons. The van der Waals surface area contributed by atoms with Crippen LogP contribution in [0, 0.1) is 0 Å². The molecule has 4 N–H and O–H groups in total. The number of methoxy groups -OCH3 is 1. The molecule has 0 aliphatic rings. The maximum absolute atomic E-state index is 12.2. The molecule has 1 atom stereocenters. The fourth-order valence-corrected chi connectivity index (χ4v) is 2.72. The Morgan fingerprint density at radius 2 is 2.00 bits per heavy atom. The highest BCUT2D eigenvalue weighted by Crippen LogP contribution is 2.22. The Kier molecular flexibility index (Phi) is 5.92. The molecule has 9 nitrogen and oxygen atoms in total. The number of pyridine rings is 1. The van der Waals surface area contributed by atoms with Crippen LogP contribution in [0.25, 0.3) is 11.0 Å². The third kappa shape index (κ3) is 4.30. The normalized spacial score (nSPS) is 11.7. The molecule has 28 heavy (non-hydrogen) atoms. The van der Waals surface area contributed by atoms with Gasteiger partial charge in [0.1, 0.15) is 11.3 Å². The van der Waals surface area contributed by atoms with E-state index in [4.69, 9.17) is 9.15 Å². The molecular weight excluding hydrogens is 365 g/mol. The zero-order valence-electron chi connectivity index (χ0n) is 15.0. The fraction of sp³-hybridized carbons (Fsp3) is 0.167. The summed E-state index contributed by atoms with van der Waals surface area (Å²) in [6, 6.07) is 10.3. The van der Waals surface area contributed by atoms with Gasteiger partial charge in [-0.3, -0.25) is 9.59 Å². The van der Waals surface area contributed by atoms with Crippen molar-refractivity contribution in [2.24, 2.45) is 0 Å². The minimum Gasteiger partial charge on any atom is -0.480 e. The van der Waals surface area contributed by atoms with Gasteiger partial charge in [-0.1, -0.05) is 18.2 Å². The van der Waals surface area contributed by atoms with Gasteiger partial charge >= 0.3 is 18.9 Å². The molecule has 3 rings (SSSR count). The summed E-state index contributed by atoms with van der Waals surface area (Å²) in [5.74, 6) is -2.99. The van der Waals surface area contributed by atoms with Gasteiger partial charge in [-0.15, -0.1) is 0 Å². The van der Waals surface area contributed by atoms with E-state index >= 15 is 0 Å². The number of carbonyl (C=O) groups is 2. The maximum Gasteiger partial charge on any atom is 0.475 e. The lowest BCUT2D eigenvalue weighted by atomic mass is 9.76. The Hall–Kier alpha value is -3.37. The Morgan fingerprint density at radius 1 is 1.21 bits per heavy atom. The first-order valence-corrected chi connectivity index (χ1v) is 8.41. The van der Waals surface area contributed by atoms with Crippen LogP contribution in [0.1, 0.15) is 5.56 Å². The van der Waals surface area contributed by atoms with Crippen LogP contribution < -0.4 is 15.4 Å². The van der Waals surface area contributed by atoms with Gasteiger partial charge in [-0.2, -0.15) is 0 Å². The van der Waals surface area contributed by atoms with Gasteiger partial charge < -0.3 is 29.8 Å². The van der Waals surface area contributed by atoms with Crippen molar-refractivity contribution in [2.75, 3.05) is 12.4 Å². The highest BCUT2D eigenvalue weighted by Gasteiger charge is 2.29. The molecule has 0 aliphatic heterocycles. The first-order valence-electron chi connectivity index (χ1n) is 8.41. The zero-order valence-corrected chi connectivity index (χ0v) is 15.0. The number of anilines is 1. The van der Waals surface area contributed by atoms with Gasteiger partial charge in [-0.05, 0) is 30.2 Å². The molecule has 2 aromatic heterocycles. The highest BCUT2D eigenvalue weighted by molar-refractivity contribution is 6.46. The van der Waals surface area contributed by atoms with E-state index in [2.05, 4.69) is 15.6 Å². The van der Waals surface area contributed by atoms with Gasteiger partial charge in [-0.25, -0.2) is 4.98 Å². The summed E-state index contributed by atoms with van der Waals surface area (Å²) in [6.07, 6.45) is 3.01. The zero-order chi connectivity index (χ0) is 20.1. The molecule has 0 spiro atoms. The summed E-state index contributed by atoms with van der Waals surface area (Å²) in [5.41, 5.74) is 1.52. The molecule has 1 aromatic carbocycles. The first-order chi connectivity index (χ1) is 13.5. The number of para-hydroxylation sites is 1. The number of hydrogen-bond acceptors (Lipinski definition) is 7. The molecular formula is C18H18BN3O6. The van der Waals surface area contributed by atoms with E-state index in [1.807, 2.05) is 18.2 Å². The lowest BCUT2D eigenvalue weighted by Crippen LogP contribution is -2.51. The van der Waals surface area contributed by atoms with Crippen molar-refractivity contribution < 1.29 is 28.8 Å². The van der Waals surface area contributed by atoms with E-state index in [-0.39, 0.29) is 18.0 Å². The van der Waals surface area contributed by atoms with Gasteiger partial charge in [0.2, 0.25) is 5.88 Å². The summed E-state index contributed by atoms with van der Waals surface area (Å²) < 4.78 is 10.4. The van der Waals surface area contributed by atoms with Crippen LogP contribution in [0.2, 0.25) is 0 Å². The van der Waals surface area contributed by atoms with Crippen LogP contribution in [0.15, 0.2) is 53.3 Å². The number of benzene rings is 1. The number of nitrogens with one attached hydrogen (secondary N) is 2. The van der Waals surface area contributed by atoms with Crippen LogP contribution in [0.3, 0.4) is 0 Å². The van der Waals surface area contributed by atoms with Crippen LogP contribution in [-0.4, -0.2) is 47.0 Å². The summed E-state index contributed by atoms with van der Waals surface area (Å²) in [7, 11) is -0.496. The predicted octanol–water partition coefficient (Wildman–Crippen LogP) is 0.514. The highest BCUT2D eigenvalue weighted by atomic mass is 16.5. The van der Waals surface area contributed by atoms with Gasteiger partial charge in [0.15, 0.2) is 0 Å². The lowest BCUT2D eigenvalue weighted by Gasteiger charge is -2.17. The number of aromatic nitrogens is 1. The number of fused-ring (bicyclic) bond motifs is 1. The minimum atomic E-state index is -1.88. The average molecular weight is 383 g/mol. The monoisotopic (exact) mass is 383 g/mol. The molecule has 10 heteroatoms. The topological polar surface area (TPSA) is 134 Å². The Morgan fingerprint density at radius 3 is 2.75 bits per heavy atom. The SMILES string of the molecule is COc1ncccc1NC(=O)C(=O)NC(Cc1coc2ccccc12)B(O)O. The van der Waals surface area contributed by atoms with E-state index in [1.165, 1.54) is 25.6 Å². The average Bonchev–Trinajstić information content (AvgIpc) is 3.10. The number of nitrogens with zero attached hydrogens (tertiary/aromatic N) is 1. The largest absolute Gasteiger partial charge is 0.480 e. The standard InChI is InChI=1S/C18H18BN3O6/c1-27-18-13(6-4-8-20-18)21-16(23)17(24)22-15(19(25)26)9-11-10-28-14-7-3-2-5-12(11)14/h2-8,10,15,25-26H,9H2,1H3,(H,21,23)(H,22,24). The number of hydrogen-bond donors (Lipinski definition) is 4. The number of carbonyl (C=O) groups excluding carboxylic acids is 2. The van der Waals surface area contributed by atoms with E-state index < -0.39 is 24.9 Å². The third-order valence-electron chi connectivity index (χ3n) is 4.10. The van der Waals surface area contributed by atoms with Crippen molar-refractivity contribution in [1.82, 2.24) is 10.3 Å². The molecule has 0 bridgehead atoms. The van der Waals surface area contributed by atoms with E-state index in [0.717, 1.165) is 5.39 Å². The molecule has 0 aliphatic carbocycles. The molecule has 1 unspecified atom stereocenters. The molecule has 3 aromatic rings. The van der Waals surface area contributed by atoms with Crippen molar-refractivity contribution in [3.05, 3.63) is 54.4 Å². The molecule has 0 fully saturated rings. The van der Waals surface area contributed by atoms with E-state index in [0.29, 0.717) is 11.1 Å². The first kappa shape index (κ1) is 19.4. The van der Waals surface area contributed by atoms with Gasteiger partial charge in [0.05, 0.1) is 19.3 Å². The summed E-state index contributed by atoms with van der Waals surface area (Å²) in [5, 5.41) is 24.7. The quantitative estimate of drug-likeness (QED) is 0.360. The van der Waals surface area contributed by atoms with E-state index in [9.17, 15) is 19.6 Å². The van der Waals surface area contributed by atoms with Crippen molar-refractivity contribution in [3.8, 4) is 5.88 Å². The summed E-state index contributed by atoms with van der Waals surface area (Å²) in [4.78, 5) is 28.3. The third-order valence-corrected chi connectivity index (χ3v) is 4.10.